The van der Waals surface area contributed by atoms with Crippen molar-refractivity contribution in [3.8, 4) is 0 Å². The van der Waals surface area contributed by atoms with Crippen LogP contribution in [0.3, 0.4) is 0 Å². The van der Waals surface area contributed by atoms with Gasteiger partial charge in [0.15, 0.2) is 5.82 Å². The number of aromatic amines is 1. The Balaban J connectivity index is 2.06. The highest BCUT2D eigenvalue weighted by Crippen LogP contribution is 2.22. The van der Waals surface area contributed by atoms with Gasteiger partial charge in [0.05, 0.1) is 6.10 Å². The first-order chi connectivity index (χ1) is 7.70. The number of hydrogen-bond donors (Lipinski definition) is 2. The molecule has 3 N–H and O–H groups in total. The van der Waals surface area contributed by atoms with E-state index in [2.05, 4.69) is 21.8 Å². The first-order valence-corrected chi connectivity index (χ1v) is 5.89. The Morgan fingerprint density at radius 1 is 1.62 bits per heavy atom. The summed E-state index contributed by atoms with van der Waals surface area (Å²) in [6.45, 7) is 6.69. The van der Waals surface area contributed by atoms with Crippen molar-refractivity contribution in [1.82, 2.24) is 9.97 Å². The molecule has 0 saturated carbocycles. The maximum atomic E-state index is 5.89. The van der Waals surface area contributed by atoms with Crippen molar-refractivity contribution in [3.63, 3.8) is 0 Å². The molecule has 0 amide bonds. The lowest BCUT2D eigenvalue weighted by atomic mass is 10.2. The van der Waals surface area contributed by atoms with Gasteiger partial charge in [-0.05, 0) is 26.7 Å². The highest BCUT2D eigenvalue weighted by atomic mass is 16.5. The number of nitrogens with zero attached hydrogens (tertiary/aromatic N) is 2. The number of aryl methyl sites for hydroxylation is 1. The highest BCUT2D eigenvalue weighted by molar-refractivity contribution is 5.59. The molecule has 1 aliphatic rings. The molecule has 0 radical (unpaired) electrons. The fourth-order valence-electron chi connectivity index (χ4n) is 2.14. The van der Waals surface area contributed by atoms with E-state index in [1.54, 1.807) is 0 Å². The molecule has 2 rings (SSSR count). The van der Waals surface area contributed by atoms with Gasteiger partial charge in [0.1, 0.15) is 11.6 Å². The molecule has 1 aliphatic heterocycles. The zero-order chi connectivity index (χ0) is 11.5. The van der Waals surface area contributed by atoms with Crippen LogP contribution < -0.4 is 10.6 Å². The number of rotatable bonds is 4. The van der Waals surface area contributed by atoms with E-state index in [1.807, 2.05) is 6.92 Å². The van der Waals surface area contributed by atoms with Crippen LogP contribution in [-0.4, -0.2) is 35.8 Å². The molecule has 0 aromatic carbocycles. The molecule has 1 atom stereocenters. The third-order valence-electron chi connectivity index (χ3n) is 2.96. The van der Waals surface area contributed by atoms with Crippen molar-refractivity contribution in [3.05, 3.63) is 5.82 Å². The molecule has 0 spiro atoms. The van der Waals surface area contributed by atoms with Crippen LogP contribution in [0.4, 0.5) is 11.6 Å². The van der Waals surface area contributed by atoms with Gasteiger partial charge >= 0.3 is 0 Å². The fraction of sp³-hybridized carbons (Fsp3) is 0.727. The lowest BCUT2D eigenvalue weighted by molar-refractivity contribution is 0.115. The normalized spacial score (nSPS) is 20.2. The van der Waals surface area contributed by atoms with Gasteiger partial charge < -0.3 is 20.4 Å². The van der Waals surface area contributed by atoms with Crippen LogP contribution in [0.2, 0.25) is 0 Å². The van der Waals surface area contributed by atoms with Crippen molar-refractivity contribution >= 4 is 11.6 Å². The molecule has 1 saturated heterocycles. The van der Waals surface area contributed by atoms with E-state index in [0.29, 0.717) is 11.9 Å². The van der Waals surface area contributed by atoms with Crippen molar-refractivity contribution in [1.29, 1.82) is 0 Å². The van der Waals surface area contributed by atoms with Crippen molar-refractivity contribution in [2.45, 2.75) is 32.8 Å². The van der Waals surface area contributed by atoms with E-state index in [-0.39, 0.29) is 0 Å². The second-order valence-electron chi connectivity index (χ2n) is 4.23. The van der Waals surface area contributed by atoms with Gasteiger partial charge in [0, 0.05) is 19.7 Å². The van der Waals surface area contributed by atoms with Crippen molar-refractivity contribution in [2.75, 3.05) is 30.3 Å². The van der Waals surface area contributed by atoms with E-state index in [4.69, 9.17) is 10.5 Å². The number of hydrogen-bond acceptors (Lipinski definition) is 4. The summed E-state index contributed by atoms with van der Waals surface area (Å²) in [5, 5.41) is 0. The van der Waals surface area contributed by atoms with E-state index < -0.39 is 0 Å². The lowest BCUT2D eigenvalue weighted by Gasteiger charge is -2.24. The average molecular weight is 224 g/mol. The summed E-state index contributed by atoms with van der Waals surface area (Å²) in [6.07, 6.45) is 2.63. The highest BCUT2D eigenvalue weighted by Gasteiger charge is 2.21. The Morgan fingerprint density at radius 2 is 2.44 bits per heavy atom. The first kappa shape index (κ1) is 11.3. The number of likely N-dealkylation sites (N-methyl/N-ethyl adjacent to an activating group) is 1. The quantitative estimate of drug-likeness (QED) is 0.809. The molecule has 1 aromatic heterocycles. The predicted molar refractivity (Wildman–Crippen MR) is 64.6 cm³/mol. The Morgan fingerprint density at radius 3 is 2.94 bits per heavy atom. The summed E-state index contributed by atoms with van der Waals surface area (Å²) < 4.78 is 5.63. The monoisotopic (exact) mass is 224 g/mol. The second kappa shape index (κ2) is 4.74. The van der Waals surface area contributed by atoms with E-state index in [1.165, 1.54) is 0 Å². The minimum atomic E-state index is 0.330. The van der Waals surface area contributed by atoms with Crippen LogP contribution >= 0.6 is 0 Å². The molecule has 1 fully saturated rings. The zero-order valence-corrected chi connectivity index (χ0v) is 9.99. The van der Waals surface area contributed by atoms with Gasteiger partial charge in [0.2, 0.25) is 0 Å². The van der Waals surface area contributed by atoms with Crippen LogP contribution in [0.5, 0.6) is 0 Å². The first-order valence-electron chi connectivity index (χ1n) is 5.89. The summed E-state index contributed by atoms with van der Waals surface area (Å²) in [4.78, 5) is 9.62. The SMILES string of the molecule is CCN(CC1CCCO1)c1nc(C)[nH]c1N. The lowest BCUT2D eigenvalue weighted by Crippen LogP contribution is -2.32. The number of aromatic nitrogens is 2. The average Bonchev–Trinajstić information content (AvgIpc) is 2.85. The van der Waals surface area contributed by atoms with Crippen LogP contribution in [0.15, 0.2) is 0 Å². The summed E-state index contributed by atoms with van der Waals surface area (Å²) in [5.41, 5.74) is 5.89. The topological polar surface area (TPSA) is 67.2 Å². The minimum absolute atomic E-state index is 0.330. The molecule has 0 aliphatic carbocycles. The number of imidazole rings is 1. The third kappa shape index (κ3) is 2.29. The molecule has 1 unspecified atom stereocenters. The molecule has 1 aromatic rings. The molecule has 16 heavy (non-hydrogen) atoms. The standard InChI is InChI=1S/C11H20N4O/c1-3-15(7-9-5-4-6-16-9)11-10(12)13-8(2)14-11/h9H,3-7,12H2,1-2H3,(H,13,14). The van der Waals surface area contributed by atoms with Crippen LogP contribution in [0.25, 0.3) is 0 Å². The zero-order valence-electron chi connectivity index (χ0n) is 9.99. The molecule has 5 nitrogen and oxygen atoms in total. The van der Waals surface area contributed by atoms with Crippen molar-refractivity contribution < 1.29 is 4.74 Å². The maximum absolute atomic E-state index is 5.89. The smallest absolute Gasteiger partial charge is 0.171 e. The van der Waals surface area contributed by atoms with Crippen LogP contribution in [0, 0.1) is 6.92 Å². The van der Waals surface area contributed by atoms with Gasteiger partial charge in [-0.3, -0.25) is 0 Å². The summed E-state index contributed by atoms with van der Waals surface area (Å²) in [6, 6.07) is 0. The summed E-state index contributed by atoms with van der Waals surface area (Å²) in [7, 11) is 0. The van der Waals surface area contributed by atoms with Gasteiger partial charge in [-0.1, -0.05) is 0 Å². The van der Waals surface area contributed by atoms with Gasteiger partial charge in [0.25, 0.3) is 0 Å². The molecular formula is C11H20N4O. The Kier molecular flexibility index (Phi) is 3.33. The van der Waals surface area contributed by atoms with Crippen molar-refractivity contribution in [2.24, 2.45) is 0 Å². The number of ether oxygens (including phenoxy) is 1. The maximum Gasteiger partial charge on any atom is 0.171 e. The minimum Gasteiger partial charge on any atom is -0.382 e. The largest absolute Gasteiger partial charge is 0.382 e. The number of nitrogens with two attached hydrogens (primary N) is 1. The molecule has 90 valence electrons. The summed E-state index contributed by atoms with van der Waals surface area (Å²) >= 11 is 0. The number of anilines is 2. The Hall–Kier alpha value is -1.23. The van der Waals surface area contributed by atoms with E-state index in [0.717, 1.165) is 44.2 Å². The van der Waals surface area contributed by atoms with Gasteiger partial charge in [-0.25, -0.2) is 4.98 Å². The summed E-state index contributed by atoms with van der Waals surface area (Å²) in [5.74, 6) is 2.37. The fourth-order valence-corrected chi connectivity index (χ4v) is 2.14. The molecule has 5 heteroatoms. The molecule has 2 heterocycles. The van der Waals surface area contributed by atoms with Crippen LogP contribution in [-0.2, 0) is 4.74 Å². The number of nitrogen functional groups attached to an aromatic ring is 1. The predicted octanol–water partition coefficient (Wildman–Crippen LogP) is 1.31. The third-order valence-corrected chi connectivity index (χ3v) is 2.96. The van der Waals surface area contributed by atoms with E-state index >= 15 is 0 Å². The Bertz CT molecular complexity index is 344. The second-order valence-corrected chi connectivity index (χ2v) is 4.23. The molecule has 0 bridgehead atoms. The van der Waals surface area contributed by atoms with Gasteiger partial charge in [-0.15, -0.1) is 0 Å². The molecular weight excluding hydrogens is 204 g/mol. The Labute approximate surface area is 96.0 Å². The number of nitrogens with one attached hydrogen (secondary N) is 1. The number of H-pyrrole nitrogens is 1. The van der Waals surface area contributed by atoms with E-state index in [9.17, 15) is 0 Å². The van der Waals surface area contributed by atoms with Crippen LogP contribution in [0.1, 0.15) is 25.6 Å². The van der Waals surface area contributed by atoms with Gasteiger partial charge in [-0.2, -0.15) is 0 Å².